The number of nitrogen functional groups attached to an aromatic ring is 1. The van der Waals surface area contributed by atoms with Crippen LogP contribution < -0.4 is 15.2 Å². The van der Waals surface area contributed by atoms with Gasteiger partial charge in [0.15, 0.2) is 11.5 Å². The van der Waals surface area contributed by atoms with Crippen molar-refractivity contribution in [2.45, 2.75) is 6.92 Å². The third-order valence-electron chi connectivity index (χ3n) is 2.50. The summed E-state index contributed by atoms with van der Waals surface area (Å²) in [6, 6.07) is 5.45. The molecular formula is C12H15N3O2. The van der Waals surface area contributed by atoms with E-state index in [9.17, 15) is 0 Å². The molecule has 0 saturated carbocycles. The number of benzene rings is 1. The van der Waals surface area contributed by atoms with Crippen molar-refractivity contribution in [1.82, 2.24) is 9.78 Å². The molecule has 0 unspecified atom stereocenters. The van der Waals surface area contributed by atoms with Gasteiger partial charge in [0, 0.05) is 18.3 Å². The summed E-state index contributed by atoms with van der Waals surface area (Å²) in [6.07, 6.45) is 1.85. The van der Waals surface area contributed by atoms with Gasteiger partial charge in [-0.1, -0.05) is 0 Å². The van der Waals surface area contributed by atoms with Crippen LogP contribution in [-0.4, -0.2) is 24.0 Å². The molecule has 0 amide bonds. The lowest BCUT2D eigenvalue weighted by Gasteiger charge is -2.12. The van der Waals surface area contributed by atoms with Crippen LogP contribution in [0.4, 0.5) is 5.69 Å². The molecule has 2 N–H and O–H groups in total. The van der Waals surface area contributed by atoms with Gasteiger partial charge in [0.1, 0.15) is 0 Å². The standard InChI is InChI=1S/C12H15N3O2/c1-8-4-5-15(14-8)10-7-12(17-3)11(16-2)6-9(10)13/h4-7H,13H2,1-3H3. The average Bonchev–Trinajstić information content (AvgIpc) is 2.75. The number of aryl methyl sites for hydroxylation is 1. The largest absolute Gasteiger partial charge is 0.493 e. The van der Waals surface area contributed by atoms with Crippen LogP contribution in [-0.2, 0) is 0 Å². The molecule has 0 spiro atoms. The van der Waals surface area contributed by atoms with Gasteiger partial charge in [0.05, 0.1) is 31.3 Å². The molecule has 90 valence electrons. The van der Waals surface area contributed by atoms with E-state index in [2.05, 4.69) is 5.10 Å². The van der Waals surface area contributed by atoms with Gasteiger partial charge in [-0.25, -0.2) is 4.68 Å². The smallest absolute Gasteiger partial charge is 0.163 e. The zero-order valence-corrected chi connectivity index (χ0v) is 10.1. The van der Waals surface area contributed by atoms with Crippen LogP contribution in [0.2, 0.25) is 0 Å². The lowest BCUT2D eigenvalue weighted by atomic mass is 10.2. The Bertz CT molecular complexity index is 535. The molecule has 5 heteroatoms. The average molecular weight is 233 g/mol. The summed E-state index contributed by atoms with van der Waals surface area (Å²) < 4.78 is 12.1. The summed E-state index contributed by atoms with van der Waals surface area (Å²) in [7, 11) is 3.17. The van der Waals surface area contributed by atoms with Gasteiger partial charge < -0.3 is 15.2 Å². The first-order valence-corrected chi connectivity index (χ1v) is 5.20. The van der Waals surface area contributed by atoms with Crippen LogP contribution in [0.3, 0.4) is 0 Å². The lowest BCUT2D eigenvalue weighted by Crippen LogP contribution is -2.02. The number of hydrogen-bond donors (Lipinski definition) is 1. The van der Waals surface area contributed by atoms with E-state index in [0.717, 1.165) is 11.4 Å². The van der Waals surface area contributed by atoms with Crippen molar-refractivity contribution in [1.29, 1.82) is 0 Å². The van der Waals surface area contributed by atoms with Crippen molar-refractivity contribution in [2.24, 2.45) is 0 Å². The van der Waals surface area contributed by atoms with Gasteiger partial charge in [-0.2, -0.15) is 5.10 Å². The van der Waals surface area contributed by atoms with Crippen LogP contribution in [0, 0.1) is 6.92 Å². The van der Waals surface area contributed by atoms with Crippen molar-refractivity contribution in [3.05, 3.63) is 30.1 Å². The van der Waals surface area contributed by atoms with Crippen molar-refractivity contribution >= 4 is 5.69 Å². The predicted octanol–water partition coefficient (Wildman–Crippen LogP) is 1.78. The second-order valence-corrected chi connectivity index (χ2v) is 3.67. The van der Waals surface area contributed by atoms with E-state index in [-0.39, 0.29) is 0 Å². The highest BCUT2D eigenvalue weighted by Crippen LogP contribution is 2.33. The number of methoxy groups -OCH3 is 2. The van der Waals surface area contributed by atoms with Crippen LogP contribution in [0.25, 0.3) is 5.69 Å². The molecule has 1 aromatic heterocycles. The minimum absolute atomic E-state index is 0.589. The highest BCUT2D eigenvalue weighted by molar-refractivity contribution is 5.65. The number of aromatic nitrogens is 2. The molecule has 1 heterocycles. The number of nitrogens with zero attached hydrogens (tertiary/aromatic N) is 2. The molecule has 0 bridgehead atoms. The number of ether oxygens (including phenoxy) is 2. The quantitative estimate of drug-likeness (QED) is 0.821. The Morgan fingerprint density at radius 1 is 1.18 bits per heavy atom. The zero-order chi connectivity index (χ0) is 12.4. The zero-order valence-electron chi connectivity index (χ0n) is 10.1. The van der Waals surface area contributed by atoms with Crippen molar-refractivity contribution in [2.75, 3.05) is 20.0 Å². The fraction of sp³-hybridized carbons (Fsp3) is 0.250. The lowest BCUT2D eigenvalue weighted by molar-refractivity contribution is 0.355. The van der Waals surface area contributed by atoms with Crippen molar-refractivity contribution < 1.29 is 9.47 Å². The normalized spacial score (nSPS) is 10.3. The molecule has 0 aliphatic rings. The monoisotopic (exact) mass is 233 g/mol. The molecule has 0 atom stereocenters. The topological polar surface area (TPSA) is 62.3 Å². The first kappa shape index (κ1) is 11.3. The van der Waals surface area contributed by atoms with Crippen molar-refractivity contribution in [3.63, 3.8) is 0 Å². The SMILES string of the molecule is COc1cc(N)c(-n2ccc(C)n2)cc1OC. The Morgan fingerprint density at radius 2 is 1.82 bits per heavy atom. The molecule has 0 radical (unpaired) electrons. The van der Waals surface area contributed by atoms with E-state index in [1.807, 2.05) is 19.2 Å². The molecule has 0 aliphatic heterocycles. The van der Waals surface area contributed by atoms with E-state index in [1.54, 1.807) is 31.0 Å². The van der Waals surface area contributed by atoms with Crippen molar-refractivity contribution in [3.8, 4) is 17.2 Å². The molecule has 5 nitrogen and oxygen atoms in total. The molecule has 2 rings (SSSR count). The number of anilines is 1. The summed E-state index contributed by atoms with van der Waals surface area (Å²) >= 11 is 0. The molecule has 0 fully saturated rings. The van der Waals surface area contributed by atoms with E-state index in [0.29, 0.717) is 17.2 Å². The minimum Gasteiger partial charge on any atom is -0.493 e. The molecule has 2 aromatic rings. The van der Waals surface area contributed by atoms with Gasteiger partial charge in [-0.05, 0) is 13.0 Å². The Morgan fingerprint density at radius 3 is 2.35 bits per heavy atom. The van der Waals surface area contributed by atoms with E-state index in [4.69, 9.17) is 15.2 Å². The highest BCUT2D eigenvalue weighted by atomic mass is 16.5. The Labute approximate surface area is 99.8 Å². The Kier molecular flexibility index (Phi) is 2.91. The third-order valence-corrected chi connectivity index (χ3v) is 2.50. The molecular weight excluding hydrogens is 218 g/mol. The summed E-state index contributed by atoms with van der Waals surface area (Å²) in [4.78, 5) is 0. The molecule has 0 saturated heterocycles. The third kappa shape index (κ3) is 2.04. The summed E-state index contributed by atoms with van der Waals surface area (Å²) in [6.45, 7) is 1.92. The summed E-state index contributed by atoms with van der Waals surface area (Å²) in [5.41, 5.74) is 8.26. The summed E-state index contributed by atoms with van der Waals surface area (Å²) in [5.74, 6) is 1.24. The molecule has 17 heavy (non-hydrogen) atoms. The highest BCUT2D eigenvalue weighted by Gasteiger charge is 2.11. The first-order valence-electron chi connectivity index (χ1n) is 5.20. The second-order valence-electron chi connectivity index (χ2n) is 3.67. The number of hydrogen-bond acceptors (Lipinski definition) is 4. The Hall–Kier alpha value is -2.17. The second kappa shape index (κ2) is 4.37. The van der Waals surface area contributed by atoms with Gasteiger partial charge in [-0.3, -0.25) is 0 Å². The van der Waals surface area contributed by atoms with E-state index >= 15 is 0 Å². The maximum Gasteiger partial charge on any atom is 0.163 e. The maximum absolute atomic E-state index is 5.97. The number of nitrogens with two attached hydrogens (primary N) is 1. The van der Waals surface area contributed by atoms with Gasteiger partial charge >= 0.3 is 0 Å². The Balaban J connectivity index is 2.55. The summed E-state index contributed by atoms with van der Waals surface area (Å²) in [5, 5.41) is 4.31. The van der Waals surface area contributed by atoms with Crippen LogP contribution in [0.15, 0.2) is 24.4 Å². The van der Waals surface area contributed by atoms with E-state index in [1.165, 1.54) is 0 Å². The van der Waals surface area contributed by atoms with Crippen LogP contribution in [0.1, 0.15) is 5.69 Å². The predicted molar refractivity (Wildman–Crippen MR) is 65.8 cm³/mol. The van der Waals surface area contributed by atoms with Gasteiger partial charge in [0.2, 0.25) is 0 Å². The fourth-order valence-corrected chi connectivity index (χ4v) is 1.63. The van der Waals surface area contributed by atoms with Gasteiger partial charge in [-0.15, -0.1) is 0 Å². The van der Waals surface area contributed by atoms with Crippen LogP contribution in [0.5, 0.6) is 11.5 Å². The minimum atomic E-state index is 0.589. The van der Waals surface area contributed by atoms with Crippen LogP contribution >= 0.6 is 0 Å². The fourth-order valence-electron chi connectivity index (χ4n) is 1.63. The van der Waals surface area contributed by atoms with Gasteiger partial charge in [0.25, 0.3) is 0 Å². The first-order chi connectivity index (χ1) is 8.15. The maximum atomic E-state index is 5.97. The van der Waals surface area contributed by atoms with E-state index < -0.39 is 0 Å². The number of rotatable bonds is 3. The molecule has 1 aromatic carbocycles. The molecule has 0 aliphatic carbocycles.